The average Bonchev–Trinajstić information content (AvgIpc) is 2.34. The second-order valence-corrected chi connectivity index (χ2v) is 6.05. The van der Waals surface area contributed by atoms with E-state index in [1.54, 1.807) is 7.05 Å². The van der Waals surface area contributed by atoms with Crippen molar-refractivity contribution >= 4 is 15.9 Å². The number of halogens is 1. The van der Waals surface area contributed by atoms with Crippen LogP contribution in [0.5, 0.6) is 0 Å². The minimum Gasteiger partial charge on any atom is -0.344 e. The van der Waals surface area contributed by atoms with Gasteiger partial charge in [-0.2, -0.15) is 0 Å². The molecule has 1 fully saturated rings. The number of aromatic nitrogens is 1. The summed E-state index contributed by atoms with van der Waals surface area (Å²) in [6, 6.07) is 1.94. The molecule has 0 spiro atoms. The summed E-state index contributed by atoms with van der Waals surface area (Å²) < 4.78 is 39.8. The fourth-order valence-corrected chi connectivity index (χ4v) is 3.22. The summed E-state index contributed by atoms with van der Waals surface area (Å²) >= 11 is 0. The summed E-state index contributed by atoms with van der Waals surface area (Å²) in [7, 11) is -2.40. The summed E-state index contributed by atoms with van der Waals surface area (Å²) in [5.74, 6) is -0.922. The van der Waals surface area contributed by atoms with Crippen molar-refractivity contribution in [3.05, 3.63) is 24.1 Å². The smallest absolute Gasteiger partial charge is 0.261 e. The fraction of sp³-hybridized carbons (Fsp3) is 0.455. The van der Waals surface area contributed by atoms with Crippen LogP contribution < -0.4 is 4.72 Å². The lowest BCUT2D eigenvalue weighted by Gasteiger charge is -2.29. The van der Waals surface area contributed by atoms with Gasteiger partial charge in [0.25, 0.3) is 10.0 Å². The second kappa shape index (κ2) is 5.22. The molecule has 1 unspecified atom stereocenters. The Kier molecular flexibility index (Phi) is 3.81. The van der Waals surface area contributed by atoms with Crippen LogP contribution in [-0.4, -0.2) is 43.8 Å². The van der Waals surface area contributed by atoms with Gasteiger partial charge >= 0.3 is 0 Å². The first-order valence-electron chi connectivity index (χ1n) is 5.77. The van der Waals surface area contributed by atoms with E-state index in [0.29, 0.717) is 6.42 Å². The Balaban J connectivity index is 2.15. The van der Waals surface area contributed by atoms with Crippen LogP contribution in [0.2, 0.25) is 0 Å². The second-order valence-electron chi connectivity index (χ2n) is 4.42. The third kappa shape index (κ3) is 3.07. The lowest BCUT2D eigenvalue weighted by atomic mass is 10.1. The minimum atomic E-state index is -4.01. The van der Waals surface area contributed by atoms with Crippen molar-refractivity contribution in [3.63, 3.8) is 0 Å². The van der Waals surface area contributed by atoms with E-state index in [1.165, 1.54) is 17.2 Å². The van der Waals surface area contributed by atoms with E-state index in [2.05, 4.69) is 9.71 Å². The number of amides is 1. The Hall–Kier alpha value is -1.54. The maximum Gasteiger partial charge on any atom is 0.261 e. The maximum absolute atomic E-state index is 13.4. The molecule has 0 saturated carbocycles. The molecule has 0 radical (unpaired) electrons. The molecule has 1 aromatic heterocycles. The monoisotopic (exact) mass is 287 g/mol. The Labute approximate surface area is 110 Å². The Morgan fingerprint density at radius 3 is 2.89 bits per heavy atom. The highest BCUT2D eigenvalue weighted by Gasteiger charge is 2.29. The Bertz CT molecular complexity index is 591. The van der Waals surface area contributed by atoms with Crippen LogP contribution in [0, 0.1) is 5.82 Å². The Morgan fingerprint density at radius 2 is 2.26 bits per heavy atom. The van der Waals surface area contributed by atoms with Gasteiger partial charge in [-0.1, -0.05) is 0 Å². The maximum atomic E-state index is 13.4. The van der Waals surface area contributed by atoms with Gasteiger partial charge in [0.15, 0.2) is 5.82 Å². The number of likely N-dealkylation sites (N-methyl/N-ethyl adjacent to an activating group) is 1. The number of carbonyl (C=O) groups excluding carboxylic acids is 1. The average molecular weight is 287 g/mol. The molecule has 6 nitrogen and oxygen atoms in total. The minimum absolute atomic E-state index is 0.0283. The van der Waals surface area contributed by atoms with Gasteiger partial charge in [-0.3, -0.25) is 4.79 Å². The molecule has 1 atom stereocenters. The van der Waals surface area contributed by atoms with Crippen molar-refractivity contribution < 1.29 is 17.6 Å². The topological polar surface area (TPSA) is 79.4 Å². The van der Waals surface area contributed by atoms with E-state index in [-0.39, 0.29) is 18.9 Å². The lowest BCUT2D eigenvalue weighted by Crippen LogP contribution is -2.48. The van der Waals surface area contributed by atoms with E-state index in [1.807, 2.05) is 0 Å². The number of rotatable bonds is 3. The molecular formula is C11H14FN3O3S. The summed E-state index contributed by atoms with van der Waals surface area (Å²) in [6.45, 7) is 0.270. The first kappa shape index (κ1) is 13.9. The molecule has 0 aromatic carbocycles. The van der Waals surface area contributed by atoms with Crippen LogP contribution in [0.15, 0.2) is 23.4 Å². The van der Waals surface area contributed by atoms with Crippen LogP contribution in [0.3, 0.4) is 0 Å². The number of hydrogen-bond acceptors (Lipinski definition) is 4. The quantitative estimate of drug-likeness (QED) is 0.856. The molecule has 1 aliphatic heterocycles. The van der Waals surface area contributed by atoms with Gasteiger partial charge in [0.1, 0.15) is 0 Å². The highest BCUT2D eigenvalue weighted by molar-refractivity contribution is 7.89. The number of piperidine rings is 1. The van der Waals surface area contributed by atoms with E-state index in [9.17, 15) is 17.6 Å². The van der Waals surface area contributed by atoms with Crippen molar-refractivity contribution in [1.29, 1.82) is 0 Å². The molecular weight excluding hydrogens is 273 g/mol. The molecule has 1 aromatic rings. The summed E-state index contributed by atoms with van der Waals surface area (Å²) in [5.41, 5.74) is 0. The third-order valence-corrected chi connectivity index (χ3v) is 4.38. The third-order valence-electron chi connectivity index (χ3n) is 2.93. The molecule has 1 aliphatic rings. The zero-order chi connectivity index (χ0) is 14.0. The Morgan fingerprint density at radius 1 is 1.53 bits per heavy atom. The predicted octanol–water partition coefficient (Wildman–Crippen LogP) is 0.120. The number of hydrogen-bond donors (Lipinski definition) is 1. The van der Waals surface area contributed by atoms with Crippen LogP contribution in [0.4, 0.5) is 4.39 Å². The summed E-state index contributed by atoms with van der Waals surface area (Å²) in [4.78, 5) is 16.3. The van der Waals surface area contributed by atoms with Crippen molar-refractivity contribution in [3.8, 4) is 0 Å². The molecule has 0 aliphatic carbocycles. The van der Waals surface area contributed by atoms with Gasteiger partial charge in [0, 0.05) is 32.3 Å². The van der Waals surface area contributed by atoms with Gasteiger partial charge < -0.3 is 4.90 Å². The molecule has 1 amide bonds. The number of carbonyl (C=O) groups is 1. The van der Waals surface area contributed by atoms with Crippen LogP contribution in [0.1, 0.15) is 12.8 Å². The molecule has 8 heteroatoms. The highest BCUT2D eigenvalue weighted by Crippen LogP contribution is 2.15. The standard InChI is InChI=1S/C11H14FN3O3S/c1-15-7-8(4-5-10(15)16)14-19(17,18)11-9(12)3-2-6-13-11/h2-3,6,8,14H,4-5,7H2,1H3. The molecule has 104 valence electrons. The molecule has 1 N–H and O–H groups in total. The van der Waals surface area contributed by atoms with Crippen molar-refractivity contribution in [2.45, 2.75) is 23.9 Å². The molecule has 19 heavy (non-hydrogen) atoms. The van der Waals surface area contributed by atoms with E-state index < -0.39 is 26.9 Å². The van der Waals surface area contributed by atoms with Crippen molar-refractivity contribution in [1.82, 2.24) is 14.6 Å². The fourth-order valence-electron chi connectivity index (χ4n) is 1.95. The van der Waals surface area contributed by atoms with E-state index >= 15 is 0 Å². The van der Waals surface area contributed by atoms with Gasteiger partial charge in [0.2, 0.25) is 10.9 Å². The normalized spacial score (nSPS) is 20.6. The first-order chi connectivity index (χ1) is 8.90. The van der Waals surface area contributed by atoms with Gasteiger partial charge in [0.05, 0.1) is 0 Å². The number of likely N-dealkylation sites (tertiary alicyclic amines) is 1. The van der Waals surface area contributed by atoms with Crippen LogP contribution in [-0.2, 0) is 14.8 Å². The first-order valence-corrected chi connectivity index (χ1v) is 7.25. The van der Waals surface area contributed by atoms with Gasteiger partial charge in [-0.05, 0) is 18.6 Å². The number of pyridine rings is 1. The van der Waals surface area contributed by atoms with Crippen molar-refractivity contribution in [2.75, 3.05) is 13.6 Å². The molecule has 2 rings (SSSR count). The number of sulfonamides is 1. The molecule has 1 saturated heterocycles. The van der Waals surface area contributed by atoms with Crippen molar-refractivity contribution in [2.24, 2.45) is 0 Å². The zero-order valence-corrected chi connectivity index (χ0v) is 11.2. The predicted molar refractivity (Wildman–Crippen MR) is 65.2 cm³/mol. The highest BCUT2D eigenvalue weighted by atomic mass is 32.2. The summed E-state index contributed by atoms with van der Waals surface area (Å²) in [5, 5.41) is -0.616. The summed E-state index contributed by atoms with van der Waals surface area (Å²) in [6.07, 6.45) is 1.89. The van der Waals surface area contributed by atoms with E-state index in [0.717, 1.165) is 6.07 Å². The van der Waals surface area contributed by atoms with E-state index in [4.69, 9.17) is 0 Å². The van der Waals surface area contributed by atoms with Gasteiger partial charge in [-0.25, -0.2) is 22.5 Å². The number of nitrogens with one attached hydrogen (secondary N) is 1. The SMILES string of the molecule is CN1CC(NS(=O)(=O)c2ncccc2F)CCC1=O. The number of nitrogens with zero attached hydrogens (tertiary/aromatic N) is 2. The van der Waals surface area contributed by atoms with Crippen LogP contribution >= 0.6 is 0 Å². The molecule has 2 heterocycles. The zero-order valence-electron chi connectivity index (χ0n) is 10.3. The van der Waals surface area contributed by atoms with Gasteiger partial charge in [-0.15, -0.1) is 0 Å². The largest absolute Gasteiger partial charge is 0.344 e. The molecule has 0 bridgehead atoms. The van der Waals surface area contributed by atoms with Crippen LogP contribution in [0.25, 0.3) is 0 Å². The lowest BCUT2D eigenvalue weighted by molar-refractivity contribution is -0.132.